The summed E-state index contributed by atoms with van der Waals surface area (Å²) in [6.45, 7) is 0. The Hall–Kier alpha value is -2.39. The number of methoxy groups -OCH3 is 2. The number of benzene rings is 2. The summed E-state index contributed by atoms with van der Waals surface area (Å²) >= 11 is 11.2. The van der Waals surface area contributed by atoms with Crippen LogP contribution in [0.25, 0.3) is 0 Å². The van der Waals surface area contributed by atoms with E-state index in [1.54, 1.807) is 12.1 Å². The van der Waals surface area contributed by atoms with Gasteiger partial charge in [-0.25, -0.2) is 0 Å². The molecule has 2 aromatic carbocycles. The topological polar surface area (TPSA) is 51.8 Å². The molecule has 0 spiro atoms. The molecule has 140 valence electrons. The van der Waals surface area contributed by atoms with Gasteiger partial charge in [-0.3, -0.25) is 0 Å². The van der Waals surface area contributed by atoms with Crippen LogP contribution in [0.5, 0.6) is 17.2 Å². The molecule has 0 aliphatic heterocycles. The standard InChI is InChI=1S/C16H14ClF3N2O3S/c1-23-13-8-14(24-2)12(7-11(13)17)22-15(26)21-9-4-3-5-10(6-9)25-16(18,19)20/h3-8H,1-2H3,(H2,21,22,26). The average molecular weight is 407 g/mol. The first-order valence-corrected chi connectivity index (χ1v) is 7.86. The molecule has 0 bridgehead atoms. The summed E-state index contributed by atoms with van der Waals surface area (Å²) in [5.74, 6) is 0.477. The second kappa shape index (κ2) is 8.33. The van der Waals surface area contributed by atoms with Crippen molar-refractivity contribution in [2.24, 2.45) is 0 Å². The van der Waals surface area contributed by atoms with E-state index in [4.69, 9.17) is 33.3 Å². The van der Waals surface area contributed by atoms with E-state index in [-0.39, 0.29) is 10.9 Å². The second-order valence-corrected chi connectivity index (χ2v) is 5.66. The lowest BCUT2D eigenvalue weighted by Crippen LogP contribution is -2.20. The van der Waals surface area contributed by atoms with Gasteiger partial charge in [0.15, 0.2) is 5.11 Å². The lowest BCUT2D eigenvalue weighted by Gasteiger charge is -2.16. The molecule has 0 aliphatic carbocycles. The number of nitrogens with one attached hydrogen (secondary N) is 2. The maximum Gasteiger partial charge on any atom is 0.573 e. The Morgan fingerprint density at radius 3 is 2.35 bits per heavy atom. The maximum absolute atomic E-state index is 12.3. The normalized spacial score (nSPS) is 10.8. The second-order valence-electron chi connectivity index (χ2n) is 4.84. The maximum atomic E-state index is 12.3. The van der Waals surface area contributed by atoms with E-state index in [1.807, 2.05) is 0 Å². The Morgan fingerprint density at radius 2 is 1.73 bits per heavy atom. The number of halogens is 4. The molecular formula is C16H14ClF3N2O3S. The number of hydrogen-bond acceptors (Lipinski definition) is 4. The molecule has 26 heavy (non-hydrogen) atoms. The van der Waals surface area contributed by atoms with E-state index in [0.29, 0.717) is 27.9 Å². The van der Waals surface area contributed by atoms with Gasteiger partial charge in [0.2, 0.25) is 0 Å². The minimum Gasteiger partial charge on any atom is -0.495 e. The molecule has 10 heteroatoms. The Morgan fingerprint density at radius 1 is 1.04 bits per heavy atom. The number of rotatable bonds is 5. The van der Waals surface area contributed by atoms with Crippen LogP contribution in [0, 0.1) is 0 Å². The monoisotopic (exact) mass is 406 g/mol. The summed E-state index contributed by atoms with van der Waals surface area (Å²) in [5, 5.41) is 6.07. The molecule has 0 saturated carbocycles. The Bertz CT molecular complexity index is 803. The fourth-order valence-electron chi connectivity index (χ4n) is 2.01. The molecule has 2 rings (SSSR count). The predicted octanol–water partition coefficient (Wildman–Crippen LogP) is 5.06. The van der Waals surface area contributed by atoms with Gasteiger partial charge in [-0.2, -0.15) is 0 Å². The summed E-state index contributed by atoms with van der Waals surface area (Å²) in [4.78, 5) is 0. The summed E-state index contributed by atoms with van der Waals surface area (Å²) < 4.78 is 51.1. The van der Waals surface area contributed by atoms with Crippen molar-refractivity contribution in [1.82, 2.24) is 0 Å². The Balaban J connectivity index is 2.12. The van der Waals surface area contributed by atoms with Crippen molar-refractivity contribution in [3.05, 3.63) is 41.4 Å². The highest BCUT2D eigenvalue weighted by atomic mass is 35.5. The predicted molar refractivity (Wildman–Crippen MR) is 97.5 cm³/mol. The highest BCUT2D eigenvalue weighted by Crippen LogP contribution is 2.36. The van der Waals surface area contributed by atoms with Crippen molar-refractivity contribution in [3.8, 4) is 17.2 Å². The van der Waals surface area contributed by atoms with Crippen molar-refractivity contribution < 1.29 is 27.4 Å². The zero-order valence-electron chi connectivity index (χ0n) is 13.6. The van der Waals surface area contributed by atoms with Gasteiger partial charge in [-0.05, 0) is 30.4 Å². The average Bonchev–Trinajstić information content (AvgIpc) is 2.53. The van der Waals surface area contributed by atoms with Crippen molar-refractivity contribution in [1.29, 1.82) is 0 Å². The molecule has 0 saturated heterocycles. The first-order chi connectivity index (χ1) is 12.2. The van der Waals surface area contributed by atoms with Crippen LogP contribution < -0.4 is 24.8 Å². The number of hydrogen-bond donors (Lipinski definition) is 2. The van der Waals surface area contributed by atoms with Crippen LogP contribution in [0.3, 0.4) is 0 Å². The van der Waals surface area contributed by atoms with Gasteiger partial charge in [-0.15, -0.1) is 13.2 Å². The molecule has 0 aliphatic rings. The molecule has 0 heterocycles. The van der Waals surface area contributed by atoms with Gasteiger partial charge in [0.25, 0.3) is 0 Å². The zero-order valence-corrected chi connectivity index (χ0v) is 15.2. The zero-order chi connectivity index (χ0) is 19.3. The number of alkyl halides is 3. The van der Waals surface area contributed by atoms with Crippen molar-refractivity contribution in [3.63, 3.8) is 0 Å². The third kappa shape index (κ3) is 5.57. The molecule has 5 nitrogen and oxygen atoms in total. The van der Waals surface area contributed by atoms with Crippen LogP contribution in [0.2, 0.25) is 5.02 Å². The van der Waals surface area contributed by atoms with Crippen molar-refractivity contribution >= 4 is 40.3 Å². The van der Waals surface area contributed by atoms with E-state index in [1.165, 1.54) is 38.5 Å². The van der Waals surface area contributed by atoms with E-state index in [9.17, 15) is 13.2 Å². The van der Waals surface area contributed by atoms with E-state index < -0.39 is 6.36 Å². The fraction of sp³-hybridized carbons (Fsp3) is 0.188. The van der Waals surface area contributed by atoms with Crippen molar-refractivity contribution in [2.75, 3.05) is 24.9 Å². The highest BCUT2D eigenvalue weighted by Gasteiger charge is 2.31. The molecule has 2 N–H and O–H groups in total. The van der Waals surface area contributed by atoms with E-state index in [2.05, 4.69) is 15.4 Å². The molecule has 0 atom stereocenters. The summed E-state index contributed by atoms with van der Waals surface area (Å²) in [7, 11) is 2.93. The van der Waals surface area contributed by atoms with Crippen LogP contribution in [0.1, 0.15) is 0 Å². The van der Waals surface area contributed by atoms with Crippen LogP contribution >= 0.6 is 23.8 Å². The van der Waals surface area contributed by atoms with Gasteiger partial charge in [0.1, 0.15) is 17.2 Å². The Labute approximate surface area is 158 Å². The van der Waals surface area contributed by atoms with E-state index in [0.717, 1.165) is 0 Å². The van der Waals surface area contributed by atoms with Gasteiger partial charge in [-0.1, -0.05) is 17.7 Å². The minimum atomic E-state index is -4.77. The van der Waals surface area contributed by atoms with Gasteiger partial charge < -0.3 is 24.8 Å². The SMILES string of the molecule is COc1cc(OC)c(NC(=S)Nc2cccc(OC(F)(F)F)c2)cc1Cl. The molecule has 0 radical (unpaired) electrons. The third-order valence-electron chi connectivity index (χ3n) is 3.05. The molecule has 0 amide bonds. The molecule has 2 aromatic rings. The smallest absolute Gasteiger partial charge is 0.495 e. The van der Waals surface area contributed by atoms with E-state index >= 15 is 0 Å². The summed E-state index contributed by atoms with van der Waals surface area (Å²) in [6, 6.07) is 8.41. The van der Waals surface area contributed by atoms with Gasteiger partial charge in [0.05, 0.1) is 24.9 Å². The van der Waals surface area contributed by atoms with Crippen molar-refractivity contribution in [2.45, 2.75) is 6.36 Å². The van der Waals surface area contributed by atoms with Gasteiger partial charge in [0, 0.05) is 17.8 Å². The summed E-state index contributed by atoms with van der Waals surface area (Å²) in [5.41, 5.74) is 0.765. The van der Waals surface area contributed by atoms with Crippen LogP contribution in [0.4, 0.5) is 24.5 Å². The lowest BCUT2D eigenvalue weighted by molar-refractivity contribution is -0.274. The lowest BCUT2D eigenvalue weighted by atomic mass is 10.2. The molecule has 0 fully saturated rings. The molecule has 0 aromatic heterocycles. The molecular weight excluding hydrogens is 393 g/mol. The number of ether oxygens (including phenoxy) is 3. The minimum absolute atomic E-state index is 0.119. The highest BCUT2D eigenvalue weighted by molar-refractivity contribution is 7.80. The molecule has 0 unspecified atom stereocenters. The third-order valence-corrected chi connectivity index (χ3v) is 3.55. The first kappa shape index (κ1) is 19.9. The number of thiocarbonyl (C=S) groups is 1. The largest absolute Gasteiger partial charge is 0.573 e. The van der Waals surface area contributed by atoms with Gasteiger partial charge >= 0.3 is 6.36 Å². The van der Waals surface area contributed by atoms with Crippen LogP contribution in [0.15, 0.2) is 36.4 Å². The first-order valence-electron chi connectivity index (χ1n) is 7.07. The van der Waals surface area contributed by atoms with Crippen LogP contribution in [-0.4, -0.2) is 25.7 Å². The quantitative estimate of drug-likeness (QED) is 0.676. The summed E-state index contributed by atoms with van der Waals surface area (Å²) in [6.07, 6.45) is -4.77. The number of anilines is 2. The Kier molecular flexibility index (Phi) is 6.38. The fourth-order valence-corrected chi connectivity index (χ4v) is 2.48. The van der Waals surface area contributed by atoms with Crippen LogP contribution in [-0.2, 0) is 0 Å².